The Morgan fingerprint density at radius 1 is 0.400 bits per heavy atom. The summed E-state index contributed by atoms with van der Waals surface area (Å²) in [5.74, 6) is -1.68. The summed E-state index contributed by atoms with van der Waals surface area (Å²) in [4.78, 5) is 72.8. The Labute approximate surface area is 521 Å². The first kappa shape index (κ1) is 80.4. The van der Waals surface area contributed by atoms with E-state index in [4.69, 9.17) is 33.2 Å². The van der Waals surface area contributed by atoms with E-state index in [9.17, 15) is 24.0 Å². The average molecular weight is 1210 g/mol. The van der Waals surface area contributed by atoms with E-state index >= 15 is 0 Å². The molecule has 85 heavy (non-hydrogen) atoms. The topological polar surface area (TPSA) is 156 Å². The first-order chi connectivity index (χ1) is 41.5. The van der Waals surface area contributed by atoms with Gasteiger partial charge in [0.05, 0.1) is 12.5 Å². The first-order valence-electron chi connectivity index (χ1n) is 36.0. The van der Waals surface area contributed by atoms with E-state index in [-0.39, 0.29) is 88.2 Å². The van der Waals surface area contributed by atoms with E-state index in [1.165, 1.54) is 114 Å². The molecule has 1 fully saturated rings. The number of rotatable bonds is 63. The summed E-state index contributed by atoms with van der Waals surface area (Å²) in [6.07, 6.45) is 41.1. The van der Waals surface area contributed by atoms with Gasteiger partial charge in [0, 0.05) is 64.6 Å². The predicted molar refractivity (Wildman–Crippen MR) is 346 cm³/mol. The van der Waals surface area contributed by atoms with Gasteiger partial charge in [-0.15, -0.1) is 0 Å². The number of Topliss-reactive ketones (excluding diaryl/α,β-unsaturated/α-hetero) is 1. The Kier molecular flexibility index (Phi) is 55.8. The number of carbonyl (C=O) groups is 5. The van der Waals surface area contributed by atoms with Crippen molar-refractivity contribution in [2.24, 2.45) is 5.92 Å². The Morgan fingerprint density at radius 2 is 0.776 bits per heavy atom. The van der Waals surface area contributed by atoms with Gasteiger partial charge in [0.25, 0.3) is 0 Å². The van der Waals surface area contributed by atoms with Crippen LogP contribution >= 0.6 is 0 Å². The van der Waals surface area contributed by atoms with Crippen LogP contribution in [0.1, 0.15) is 330 Å². The highest BCUT2D eigenvalue weighted by Gasteiger charge is 2.30. The maximum atomic E-state index is 14.5. The van der Waals surface area contributed by atoms with Crippen LogP contribution < -0.4 is 0 Å². The number of nitrogens with zero attached hydrogens (tertiary/aromatic N) is 2. The van der Waals surface area contributed by atoms with Crippen LogP contribution in [0.3, 0.4) is 0 Å². The molecule has 1 aliphatic rings. The van der Waals surface area contributed by atoms with Gasteiger partial charge in [-0.25, -0.2) is 0 Å². The quantitative estimate of drug-likeness (QED) is 0.0246. The molecule has 1 amide bonds. The highest BCUT2D eigenvalue weighted by atomic mass is 16.7. The van der Waals surface area contributed by atoms with Crippen LogP contribution in [-0.2, 0) is 57.1 Å². The molecule has 0 aromatic rings. The molecule has 0 radical (unpaired) electrons. The summed E-state index contributed by atoms with van der Waals surface area (Å²) in [5, 5.41) is 0. The lowest BCUT2D eigenvalue weighted by Gasteiger charge is -2.32. The minimum absolute atomic E-state index is 0.0484. The highest BCUT2D eigenvalue weighted by molar-refractivity contribution is 5.84. The van der Waals surface area contributed by atoms with Crippen molar-refractivity contribution >= 4 is 29.6 Å². The van der Waals surface area contributed by atoms with Crippen LogP contribution in [0.25, 0.3) is 0 Å². The third kappa shape index (κ3) is 48.0. The standard InChI is InChI=1S/C71H134N2O12/c1-8-14-19-24-29-38-56-79-70(80-57-39-30-25-20-15-9-2)46-36-34-44-67(76)83-60-63(61-84-68(77)45-35-37-47-71(81-58-40-31-26-21-16-10-3)82-59-41-32-27-22-17-11-4)73(55-52-65(74)62-50-53-72(7)54-51-62)66(75)48-49-69(78)85-64(42-13-6)43-33-28-23-18-12-5/h62-64,70-71H,8-61H2,1-7H3. The SMILES string of the molecule is CCCCCCCCOC(CCCCC(=O)OCC(COC(=O)CCCCC(OCCCCCCCC)OCCCCCCCC)N(CCC(=O)C1CCN(C)CC1)C(=O)CCC(=O)OC(CCC)CCCCCCC)OCCCCCCCC. The summed E-state index contributed by atoms with van der Waals surface area (Å²) in [7, 11) is 2.06. The second-order valence-electron chi connectivity index (χ2n) is 24.9. The number of hydrogen-bond acceptors (Lipinski definition) is 13. The fourth-order valence-electron chi connectivity index (χ4n) is 11.2. The number of piperidine rings is 1. The molecule has 1 saturated heterocycles. The van der Waals surface area contributed by atoms with Crippen molar-refractivity contribution in [2.45, 2.75) is 355 Å². The largest absolute Gasteiger partial charge is 0.463 e. The fourth-order valence-corrected chi connectivity index (χ4v) is 11.2. The van der Waals surface area contributed by atoms with Crippen molar-refractivity contribution in [3.63, 3.8) is 0 Å². The highest BCUT2D eigenvalue weighted by Crippen LogP contribution is 2.22. The zero-order valence-electron chi connectivity index (χ0n) is 56.4. The van der Waals surface area contributed by atoms with E-state index in [0.717, 1.165) is 122 Å². The zero-order chi connectivity index (χ0) is 62.1. The zero-order valence-corrected chi connectivity index (χ0v) is 56.4. The lowest BCUT2D eigenvalue weighted by atomic mass is 9.91. The molecule has 1 heterocycles. The number of hydrogen-bond donors (Lipinski definition) is 0. The number of unbranched alkanes of at least 4 members (excludes halogenated alkanes) is 26. The van der Waals surface area contributed by atoms with E-state index in [2.05, 4.69) is 53.5 Å². The molecule has 0 N–H and O–H groups in total. The molecule has 14 heteroatoms. The molecular formula is C71H134N2O12. The molecule has 1 atom stereocenters. The van der Waals surface area contributed by atoms with Crippen molar-refractivity contribution in [1.82, 2.24) is 9.80 Å². The van der Waals surface area contributed by atoms with Crippen LogP contribution in [0.15, 0.2) is 0 Å². The molecule has 0 saturated carbocycles. The molecule has 14 nitrogen and oxygen atoms in total. The van der Waals surface area contributed by atoms with Gasteiger partial charge in [-0.1, -0.05) is 202 Å². The van der Waals surface area contributed by atoms with E-state index in [1.54, 1.807) is 0 Å². The molecule has 0 aromatic heterocycles. The third-order valence-corrected chi connectivity index (χ3v) is 16.8. The van der Waals surface area contributed by atoms with E-state index < -0.39 is 23.9 Å². The minimum Gasteiger partial charge on any atom is -0.463 e. The van der Waals surface area contributed by atoms with Crippen molar-refractivity contribution < 1.29 is 57.1 Å². The molecule has 1 rings (SSSR count). The van der Waals surface area contributed by atoms with Gasteiger partial charge in [0.2, 0.25) is 5.91 Å². The Bertz CT molecular complexity index is 1460. The van der Waals surface area contributed by atoms with E-state index in [1.807, 2.05) is 0 Å². The Hall–Kier alpha value is -2.65. The smallest absolute Gasteiger partial charge is 0.306 e. The van der Waals surface area contributed by atoms with Crippen LogP contribution in [0.4, 0.5) is 0 Å². The maximum Gasteiger partial charge on any atom is 0.306 e. The number of esters is 3. The summed E-state index contributed by atoms with van der Waals surface area (Å²) in [6, 6.07) is -0.872. The molecule has 500 valence electrons. The predicted octanol–water partition coefficient (Wildman–Crippen LogP) is 17.7. The molecule has 1 unspecified atom stereocenters. The van der Waals surface area contributed by atoms with Gasteiger partial charge in [0.1, 0.15) is 25.1 Å². The molecule has 1 aliphatic heterocycles. The Morgan fingerprint density at radius 3 is 1.18 bits per heavy atom. The Balaban J connectivity index is 3.23. The monoisotopic (exact) mass is 1210 g/mol. The number of likely N-dealkylation sites (tertiary alicyclic amines) is 1. The van der Waals surface area contributed by atoms with Gasteiger partial charge >= 0.3 is 17.9 Å². The molecular weight excluding hydrogens is 1070 g/mol. The second kappa shape index (κ2) is 59.0. The number of ether oxygens (including phenoxy) is 7. The van der Waals surface area contributed by atoms with Crippen LogP contribution in [0.5, 0.6) is 0 Å². The minimum atomic E-state index is -0.872. The number of ketones is 1. The van der Waals surface area contributed by atoms with Gasteiger partial charge in [-0.05, 0) is 116 Å². The summed E-state index contributed by atoms with van der Waals surface area (Å²) < 4.78 is 43.0. The van der Waals surface area contributed by atoms with Crippen LogP contribution in [-0.4, -0.2) is 130 Å². The van der Waals surface area contributed by atoms with Crippen molar-refractivity contribution in [1.29, 1.82) is 0 Å². The summed E-state index contributed by atoms with van der Waals surface area (Å²) in [6.45, 7) is 17.1. The lowest BCUT2D eigenvalue weighted by molar-refractivity contribution is -0.157. The summed E-state index contributed by atoms with van der Waals surface area (Å²) >= 11 is 0. The second-order valence-corrected chi connectivity index (χ2v) is 24.9. The maximum absolute atomic E-state index is 14.5. The van der Waals surface area contributed by atoms with Gasteiger partial charge in [0.15, 0.2) is 12.6 Å². The van der Waals surface area contributed by atoms with Crippen molar-refractivity contribution in [3.05, 3.63) is 0 Å². The molecule has 0 spiro atoms. The number of amides is 1. The normalized spacial score (nSPS) is 13.5. The van der Waals surface area contributed by atoms with Crippen molar-refractivity contribution in [3.8, 4) is 0 Å². The van der Waals surface area contributed by atoms with Gasteiger partial charge < -0.3 is 43.0 Å². The van der Waals surface area contributed by atoms with Crippen LogP contribution in [0.2, 0.25) is 0 Å². The fraction of sp³-hybridized carbons (Fsp3) is 0.930. The first-order valence-corrected chi connectivity index (χ1v) is 36.0. The molecule has 0 aromatic carbocycles. The third-order valence-electron chi connectivity index (χ3n) is 16.8. The van der Waals surface area contributed by atoms with Crippen LogP contribution in [0, 0.1) is 5.92 Å². The van der Waals surface area contributed by atoms with E-state index in [0.29, 0.717) is 65.0 Å². The average Bonchev–Trinajstić information content (AvgIpc) is 3.69. The van der Waals surface area contributed by atoms with Crippen molar-refractivity contribution in [2.75, 3.05) is 66.3 Å². The lowest BCUT2D eigenvalue weighted by Crippen LogP contribution is -2.48. The summed E-state index contributed by atoms with van der Waals surface area (Å²) in [5.41, 5.74) is 0. The number of carbonyl (C=O) groups excluding carboxylic acids is 5. The van der Waals surface area contributed by atoms with Gasteiger partial charge in [-0.3, -0.25) is 24.0 Å². The molecule has 0 bridgehead atoms. The molecule has 0 aliphatic carbocycles. The van der Waals surface area contributed by atoms with Gasteiger partial charge in [-0.2, -0.15) is 0 Å².